The minimum Gasteiger partial charge on any atom is -0.494 e. The van der Waals surface area contributed by atoms with Crippen LogP contribution in [0.4, 0.5) is 5.82 Å². The largest absolute Gasteiger partial charge is 0.494 e. The summed E-state index contributed by atoms with van der Waals surface area (Å²) in [5.74, 6) is -4.87. The molecule has 0 aliphatic carbocycles. The number of fused-ring (bicyclic) bond motifs is 2. The van der Waals surface area contributed by atoms with Gasteiger partial charge in [-0.2, -0.15) is 13.1 Å². The lowest BCUT2D eigenvalue weighted by atomic mass is 9.94. The number of sulfonamides is 2. The van der Waals surface area contributed by atoms with Crippen molar-refractivity contribution < 1.29 is 96.6 Å². The Morgan fingerprint density at radius 3 is 1.57 bits per heavy atom. The van der Waals surface area contributed by atoms with Gasteiger partial charge in [0, 0.05) is 109 Å². The van der Waals surface area contributed by atoms with Crippen LogP contribution < -0.4 is 39.8 Å². The first-order valence-corrected chi connectivity index (χ1v) is 43.1. The number of carbonyl (C=O) groups excluding carboxylic acids is 8. The van der Waals surface area contributed by atoms with Gasteiger partial charge in [0.05, 0.1) is 42.6 Å². The molecule has 4 amide bonds. The van der Waals surface area contributed by atoms with Crippen molar-refractivity contribution in [2.75, 3.05) is 121 Å². The van der Waals surface area contributed by atoms with Crippen LogP contribution in [-0.4, -0.2) is 259 Å². The van der Waals surface area contributed by atoms with E-state index >= 15 is 0 Å². The number of amides is 4. The molecule has 0 spiro atoms. The van der Waals surface area contributed by atoms with Crippen LogP contribution in [0.2, 0.25) is 0 Å². The van der Waals surface area contributed by atoms with E-state index in [0.29, 0.717) is 74.3 Å². The number of hydrogen-bond acceptors (Lipinski definition) is 25. The molecule has 3 aliphatic heterocycles. The normalized spacial score (nSPS) is 16.5. The Morgan fingerprint density at radius 2 is 1.06 bits per heavy atom. The first-order chi connectivity index (χ1) is 52.2. The maximum Gasteiger partial charge on any atom is 0.326 e. The van der Waals surface area contributed by atoms with Gasteiger partial charge >= 0.3 is 23.9 Å². The summed E-state index contributed by atoms with van der Waals surface area (Å²) in [5, 5.41) is 10.2. The summed E-state index contributed by atoms with van der Waals surface area (Å²) >= 11 is 0. The number of nitrogens with one attached hydrogen (secondary N) is 5. The summed E-state index contributed by atoms with van der Waals surface area (Å²) in [4.78, 5) is 119. The number of pyridine rings is 1. The highest BCUT2D eigenvalue weighted by atomic mass is 32.2. The first-order valence-electron chi connectivity index (χ1n) is 38.6. The lowest BCUT2D eigenvalue weighted by Gasteiger charge is -2.34. The Labute approximate surface area is 668 Å². The van der Waals surface area contributed by atoms with Crippen LogP contribution in [0.3, 0.4) is 0 Å². The van der Waals surface area contributed by atoms with Gasteiger partial charge in [-0.05, 0) is 222 Å². The monoisotopic (exact) mass is 1650 g/mol. The van der Waals surface area contributed by atoms with Crippen LogP contribution in [0.1, 0.15) is 180 Å². The lowest BCUT2D eigenvalue weighted by molar-refractivity contribution is -0.158. The zero-order chi connectivity index (χ0) is 84.6. The number of anilines is 1. The average Bonchev–Trinajstić information content (AvgIpc) is 1.68. The third kappa shape index (κ3) is 31.1. The van der Waals surface area contributed by atoms with Gasteiger partial charge in [-0.3, -0.25) is 62.5 Å². The second-order valence-electron chi connectivity index (χ2n) is 33.9. The van der Waals surface area contributed by atoms with E-state index in [1.54, 1.807) is 102 Å². The molecule has 2 aromatic carbocycles. The van der Waals surface area contributed by atoms with Crippen LogP contribution in [-0.2, 0) is 107 Å². The predicted molar refractivity (Wildman–Crippen MR) is 425 cm³/mol. The number of ether oxygens (including phenoxy) is 6. The van der Waals surface area contributed by atoms with Gasteiger partial charge in [-0.15, -0.1) is 0 Å². The van der Waals surface area contributed by atoms with Crippen LogP contribution in [0, 0.1) is 34.6 Å². The summed E-state index contributed by atoms with van der Waals surface area (Å²) < 4.78 is 131. The topological polar surface area (TPSA) is 404 Å². The van der Waals surface area contributed by atoms with E-state index in [2.05, 4.69) is 26.0 Å². The standard InChI is InChI=1S/C78H123N11O21S3/c1-51-42-58(43-52(2)69(51)112(101,102)84-60(73(97)110-77(15,16)17)45-81-63(91)26-21-20-25-57-29-28-56-24-22-32-89(71(56)82-57)113(103,104)70-54(4)53(3)68-59(55(70)5)44-78(18,19)109-68)105-41-23-27-62(90)79-30-31-80-72(96)61(50-111(98,99)100)83-64(92)46-85-33-35-86(47-65(93)106-74(6,7)8)37-39-88(49-67(95)108-76(12,13)14)40-38-87(36-34-85)48-66(94)107-75(9,10)11/h28-29,42-43,60-61,84H,20-27,30-41,44-50H2,1-19H3,(H,79,90)(H,80,96)(H,81,91)(H,83,92)(H,98,99,100)/t60-,61-/m0/s1. The fraction of sp³-hybridized carbons (Fsp3) is 0.679. The fourth-order valence-electron chi connectivity index (χ4n) is 13.4. The molecule has 0 saturated carbocycles. The highest BCUT2D eigenvalue weighted by molar-refractivity contribution is 7.93. The molecular weight excluding hydrogens is 1520 g/mol. The molecule has 2 atom stereocenters. The van der Waals surface area contributed by atoms with Gasteiger partial charge in [0.25, 0.3) is 20.1 Å². The molecule has 0 bridgehead atoms. The van der Waals surface area contributed by atoms with Crippen molar-refractivity contribution in [2.45, 2.75) is 239 Å². The summed E-state index contributed by atoms with van der Waals surface area (Å²) in [5.41, 5.74) is 1.18. The SMILES string of the molecule is Cc1cc(OCCCC(=O)NCCNC(=O)[C@H](CS(=O)(=O)O)NC(=O)CN2CCN(CC(=O)OC(C)(C)C)CCN(CC(=O)OC(C)(C)C)CCN(CC(=O)OC(C)(C)C)CC2)cc(C)c1S(=O)(=O)N[C@@H](CNC(=O)CCCCc1ccc2c(n1)N(S(=O)(=O)c1c(C)c(C)c3c(c1C)CC(C)(C)O3)CCC2)C(=O)OC(C)(C)C. The third-order valence-corrected chi connectivity index (χ3v) is 23.0. The van der Waals surface area contributed by atoms with E-state index in [-0.39, 0.29) is 131 Å². The van der Waals surface area contributed by atoms with Crippen LogP contribution in [0.15, 0.2) is 34.1 Å². The Balaban J connectivity index is 0.989. The molecular formula is C78H123N11O21S3. The van der Waals surface area contributed by atoms with Crippen molar-refractivity contribution in [1.82, 2.24) is 50.6 Å². The van der Waals surface area contributed by atoms with Crippen molar-refractivity contribution in [3.8, 4) is 11.5 Å². The molecule has 0 radical (unpaired) electrons. The fourth-order valence-corrected chi connectivity index (χ4v) is 17.7. The van der Waals surface area contributed by atoms with E-state index in [1.807, 2.05) is 61.5 Å². The number of esters is 4. The van der Waals surface area contributed by atoms with Crippen LogP contribution in [0.25, 0.3) is 0 Å². The van der Waals surface area contributed by atoms with Gasteiger partial charge < -0.3 is 49.7 Å². The number of hydrogen-bond donors (Lipinski definition) is 6. The molecule has 35 heteroatoms. The highest BCUT2D eigenvalue weighted by Crippen LogP contribution is 2.45. The van der Waals surface area contributed by atoms with Crippen molar-refractivity contribution in [3.05, 3.63) is 68.9 Å². The van der Waals surface area contributed by atoms with Crippen molar-refractivity contribution in [2.24, 2.45) is 0 Å². The van der Waals surface area contributed by atoms with Crippen molar-refractivity contribution in [1.29, 1.82) is 0 Å². The van der Waals surface area contributed by atoms with Gasteiger partial charge in [-0.25, -0.2) is 26.1 Å². The van der Waals surface area contributed by atoms with Gasteiger partial charge in [0.1, 0.15) is 63.2 Å². The highest BCUT2D eigenvalue weighted by Gasteiger charge is 2.41. The van der Waals surface area contributed by atoms with E-state index in [9.17, 15) is 68.2 Å². The van der Waals surface area contributed by atoms with Crippen LogP contribution >= 0.6 is 0 Å². The second-order valence-corrected chi connectivity index (χ2v) is 38.9. The minimum atomic E-state index is -4.86. The third-order valence-electron chi connectivity index (χ3n) is 18.4. The Hall–Kier alpha value is -7.64. The molecule has 3 aliphatic rings. The number of unbranched alkanes of at least 4 members (excludes halogenated alkanes) is 1. The molecule has 1 aromatic heterocycles. The number of rotatable bonds is 33. The summed E-state index contributed by atoms with van der Waals surface area (Å²) in [6.45, 7) is 33.7. The Bertz CT molecular complexity index is 4190. The molecule has 634 valence electrons. The molecule has 6 rings (SSSR count). The Kier molecular flexibility index (Phi) is 33.2. The number of nitrogens with zero attached hydrogens (tertiary/aromatic N) is 6. The van der Waals surface area contributed by atoms with E-state index in [4.69, 9.17) is 33.4 Å². The second kappa shape index (κ2) is 39.8. The van der Waals surface area contributed by atoms with E-state index in [0.717, 1.165) is 22.4 Å². The summed E-state index contributed by atoms with van der Waals surface area (Å²) in [6, 6.07) is 3.43. The maximum absolute atomic E-state index is 14.7. The molecule has 113 heavy (non-hydrogen) atoms. The molecule has 0 unspecified atom stereocenters. The van der Waals surface area contributed by atoms with Gasteiger partial charge in [0.15, 0.2) is 0 Å². The maximum atomic E-state index is 14.7. The van der Waals surface area contributed by atoms with E-state index in [1.165, 1.54) is 16.4 Å². The number of aryl methyl sites for hydroxylation is 4. The van der Waals surface area contributed by atoms with Crippen LogP contribution in [0.5, 0.6) is 11.5 Å². The predicted octanol–water partition coefficient (Wildman–Crippen LogP) is 5.01. The number of carbonyl (C=O) groups is 8. The van der Waals surface area contributed by atoms with Crippen molar-refractivity contribution >= 4 is 83.5 Å². The summed E-state index contributed by atoms with van der Waals surface area (Å²) in [6.07, 6.45) is 3.36. The number of aromatic nitrogens is 1. The van der Waals surface area contributed by atoms with E-state index < -0.39 is 137 Å². The van der Waals surface area contributed by atoms with Gasteiger partial charge in [0.2, 0.25) is 33.7 Å². The molecule has 1 saturated heterocycles. The van der Waals surface area contributed by atoms with Gasteiger partial charge in [-0.1, -0.05) is 6.07 Å². The quantitative estimate of drug-likeness (QED) is 0.0202. The number of benzene rings is 2. The minimum absolute atomic E-state index is 0.00866. The smallest absolute Gasteiger partial charge is 0.326 e. The zero-order valence-corrected chi connectivity index (χ0v) is 72.0. The lowest BCUT2D eigenvalue weighted by Crippen LogP contribution is -2.54. The molecule has 3 aromatic rings. The first kappa shape index (κ1) is 94.2. The molecule has 4 heterocycles. The molecule has 6 N–H and O–H groups in total. The molecule has 32 nitrogen and oxygen atoms in total. The molecule has 1 fully saturated rings. The average molecular weight is 1650 g/mol. The zero-order valence-electron chi connectivity index (χ0n) is 69.6. The van der Waals surface area contributed by atoms with Crippen molar-refractivity contribution in [3.63, 3.8) is 0 Å². The Morgan fingerprint density at radius 1 is 0.575 bits per heavy atom. The summed E-state index contributed by atoms with van der Waals surface area (Å²) in [7, 11) is -13.4.